The Morgan fingerprint density at radius 1 is 0.633 bits per heavy atom. The average Bonchev–Trinajstić information content (AvgIpc) is 2.76. The third-order valence-corrected chi connectivity index (χ3v) is 5.98. The van der Waals surface area contributed by atoms with Gasteiger partial charge in [0.15, 0.2) is 5.82 Å². The van der Waals surface area contributed by atoms with Crippen LogP contribution < -0.4 is 0 Å². The number of nitrogens with zero attached hydrogens (tertiary/aromatic N) is 2. The van der Waals surface area contributed by atoms with E-state index in [4.69, 9.17) is 0 Å². The lowest BCUT2D eigenvalue weighted by Crippen LogP contribution is -1.94. The monoisotopic (exact) mass is 408 g/mol. The van der Waals surface area contributed by atoms with Gasteiger partial charge >= 0.3 is 0 Å². The molecule has 2 nitrogen and oxygen atoms in total. The van der Waals surface area contributed by atoms with Crippen LogP contribution in [0, 0.1) is 5.92 Å². The summed E-state index contributed by atoms with van der Waals surface area (Å²) in [5.41, 5.74) is 3.81. The molecule has 30 heavy (non-hydrogen) atoms. The summed E-state index contributed by atoms with van der Waals surface area (Å²) in [7, 11) is 0. The van der Waals surface area contributed by atoms with E-state index in [2.05, 4.69) is 55.0 Å². The van der Waals surface area contributed by atoms with Crippen molar-refractivity contribution in [3.05, 3.63) is 47.8 Å². The molecule has 1 aromatic carbocycles. The molecule has 0 saturated carbocycles. The number of aromatic nitrogens is 2. The summed E-state index contributed by atoms with van der Waals surface area (Å²) in [6.07, 6.45) is 22.5. The molecule has 0 N–H and O–H groups in total. The third-order valence-electron chi connectivity index (χ3n) is 5.98. The van der Waals surface area contributed by atoms with Crippen molar-refractivity contribution in [3.8, 4) is 11.4 Å². The zero-order valence-electron chi connectivity index (χ0n) is 19.8. The molecule has 2 aromatic rings. The summed E-state index contributed by atoms with van der Waals surface area (Å²) in [5, 5.41) is 0. The quantitative estimate of drug-likeness (QED) is 0.260. The Morgan fingerprint density at radius 3 is 1.77 bits per heavy atom. The maximum absolute atomic E-state index is 4.59. The Labute approximate surface area is 185 Å². The maximum atomic E-state index is 4.59. The van der Waals surface area contributed by atoms with Gasteiger partial charge in [0.2, 0.25) is 0 Å². The van der Waals surface area contributed by atoms with Gasteiger partial charge in [-0.3, -0.25) is 0 Å². The van der Waals surface area contributed by atoms with Crippen LogP contribution >= 0.6 is 0 Å². The first-order valence-corrected chi connectivity index (χ1v) is 12.6. The highest BCUT2D eigenvalue weighted by Crippen LogP contribution is 2.18. The summed E-state index contributed by atoms with van der Waals surface area (Å²) < 4.78 is 0. The molecule has 2 heteroatoms. The Morgan fingerprint density at radius 2 is 1.17 bits per heavy atom. The van der Waals surface area contributed by atoms with Crippen LogP contribution in [0.3, 0.4) is 0 Å². The number of rotatable bonds is 16. The number of hydrogen-bond acceptors (Lipinski definition) is 2. The van der Waals surface area contributed by atoms with E-state index in [-0.39, 0.29) is 0 Å². The van der Waals surface area contributed by atoms with E-state index in [9.17, 15) is 0 Å². The Hall–Kier alpha value is -1.70. The van der Waals surface area contributed by atoms with Crippen LogP contribution in [-0.2, 0) is 12.8 Å². The molecule has 0 aliphatic rings. The summed E-state index contributed by atoms with van der Waals surface area (Å²) >= 11 is 0. The molecule has 0 saturated heterocycles. The predicted octanol–water partition coefficient (Wildman–Crippen LogP) is 8.59. The highest BCUT2D eigenvalue weighted by Gasteiger charge is 2.03. The molecule has 0 bridgehead atoms. The first-order valence-electron chi connectivity index (χ1n) is 12.6. The Balaban J connectivity index is 1.62. The van der Waals surface area contributed by atoms with Gasteiger partial charge in [-0.15, -0.1) is 0 Å². The zero-order valence-corrected chi connectivity index (χ0v) is 19.8. The van der Waals surface area contributed by atoms with Gasteiger partial charge < -0.3 is 0 Å². The summed E-state index contributed by atoms with van der Waals surface area (Å²) in [5.74, 6) is 1.71. The average molecular weight is 409 g/mol. The van der Waals surface area contributed by atoms with E-state index in [1.165, 1.54) is 94.6 Å². The fourth-order valence-electron chi connectivity index (χ4n) is 3.97. The molecule has 166 valence electrons. The minimum absolute atomic E-state index is 0.844. The second kappa shape index (κ2) is 15.2. The van der Waals surface area contributed by atoms with Crippen LogP contribution in [0.1, 0.15) is 109 Å². The fourth-order valence-corrected chi connectivity index (χ4v) is 3.97. The van der Waals surface area contributed by atoms with Gasteiger partial charge in [-0.25, -0.2) is 9.97 Å². The van der Waals surface area contributed by atoms with E-state index in [1.54, 1.807) is 0 Å². The molecule has 1 heterocycles. The van der Waals surface area contributed by atoms with E-state index in [1.807, 2.05) is 12.4 Å². The molecule has 0 radical (unpaired) electrons. The van der Waals surface area contributed by atoms with Gasteiger partial charge in [-0.05, 0) is 42.7 Å². The molecular weight excluding hydrogens is 364 g/mol. The largest absolute Gasteiger partial charge is 0.236 e. The van der Waals surface area contributed by atoms with Gasteiger partial charge in [0.25, 0.3) is 0 Å². The molecule has 0 spiro atoms. The van der Waals surface area contributed by atoms with Crippen LogP contribution in [0.2, 0.25) is 0 Å². The molecule has 0 aliphatic heterocycles. The number of hydrogen-bond donors (Lipinski definition) is 0. The molecule has 2 rings (SSSR count). The van der Waals surface area contributed by atoms with Crippen molar-refractivity contribution in [1.29, 1.82) is 0 Å². The van der Waals surface area contributed by atoms with Crippen molar-refractivity contribution in [2.24, 2.45) is 5.92 Å². The minimum atomic E-state index is 0.844. The highest BCUT2D eigenvalue weighted by molar-refractivity contribution is 5.55. The predicted molar refractivity (Wildman–Crippen MR) is 131 cm³/mol. The molecule has 0 fully saturated rings. The van der Waals surface area contributed by atoms with Crippen LogP contribution in [0.15, 0.2) is 36.7 Å². The van der Waals surface area contributed by atoms with Crippen LogP contribution in [-0.4, -0.2) is 9.97 Å². The first-order chi connectivity index (χ1) is 14.7. The van der Waals surface area contributed by atoms with Gasteiger partial charge in [0.05, 0.1) is 0 Å². The van der Waals surface area contributed by atoms with E-state index in [0.717, 1.165) is 23.7 Å². The summed E-state index contributed by atoms with van der Waals surface area (Å²) in [4.78, 5) is 9.19. The number of unbranched alkanes of at least 4 members (excludes halogenated alkanes) is 9. The van der Waals surface area contributed by atoms with Crippen molar-refractivity contribution in [2.75, 3.05) is 0 Å². The van der Waals surface area contributed by atoms with Gasteiger partial charge in [0, 0.05) is 18.0 Å². The van der Waals surface area contributed by atoms with Crippen LogP contribution in [0.4, 0.5) is 0 Å². The molecule has 0 unspecified atom stereocenters. The van der Waals surface area contributed by atoms with E-state index < -0.39 is 0 Å². The number of aryl methyl sites for hydroxylation is 2. The standard InChI is InChI=1S/C28H44N2/c1-4-5-6-13-17-26-22-29-28(30-23-26)27-20-18-25(19-21-27)16-14-11-9-7-8-10-12-15-24(2)3/h18-24H,4-17H2,1-3H3. The lowest BCUT2D eigenvalue weighted by Gasteiger charge is -2.06. The van der Waals surface area contributed by atoms with Crippen molar-refractivity contribution in [3.63, 3.8) is 0 Å². The van der Waals surface area contributed by atoms with E-state index >= 15 is 0 Å². The molecule has 0 aliphatic carbocycles. The van der Waals surface area contributed by atoms with Crippen molar-refractivity contribution in [2.45, 2.75) is 111 Å². The summed E-state index contributed by atoms with van der Waals surface area (Å²) in [6, 6.07) is 8.87. The van der Waals surface area contributed by atoms with E-state index in [0.29, 0.717) is 0 Å². The van der Waals surface area contributed by atoms with Crippen molar-refractivity contribution >= 4 is 0 Å². The minimum Gasteiger partial charge on any atom is -0.236 e. The zero-order chi connectivity index (χ0) is 21.4. The molecule has 0 atom stereocenters. The summed E-state index contributed by atoms with van der Waals surface area (Å²) in [6.45, 7) is 6.90. The molecule has 1 aromatic heterocycles. The van der Waals surface area contributed by atoms with Gasteiger partial charge in [-0.2, -0.15) is 0 Å². The first kappa shape index (κ1) is 24.6. The van der Waals surface area contributed by atoms with Crippen molar-refractivity contribution < 1.29 is 0 Å². The number of benzene rings is 1. The molecular formula is C28H44N2. The fraction of sp³-hybridized carbons (Fsp3) is 0.643. The SMILES string of the molecule is CCCCCCc1cnc(-c2ccc(CCCCCCCCCC(C)C)cc2)nc1. The Kier molecular flexibility index (Phi) is 12.4. The smallest absolute Gasteiger partial charge is 0.159 e. The van der Waals surface area contributed by atoms with Gasteiger partial charge in [-0.1, -0.05) is 109 Å². The second-order valence-electron chi connectivity index (χ2n) is 9.33. The van der Waals surface area contributed by atoms with Gasteiger partial charge in [0.1, 0.15) is 0 Å². The normalized spacial score (nSPS) is 11.3. The third kappa shape index (κ3) is 10.4. The highest BCUT2D eigenvalue weighted by atomic mass is 14.9. The Bertz CT molecular complexity index is 658. The van der Waals surface area contributed by atoms with Crippen LogP contribution in [0.25, 0.3) is 11.4 Å². The lowest BCUT2D eigenvalue weighted by molar-refractivity contribution is 0.509. The molecule has 0 amide bonds. The maximum Gasteiger partial charge on any atom is 0.159 e. The topological polar surface area (TPSA) is 25.8 Å². The second-order valence-corrected chi connectivity index (χ2v) is 9.33. The van der Waals surface area contributed by atoms with Crippen molar-refractivity contribution in [1.82, 2.24) is 9.97 Å². The van der Waals surface area contributed by atoms with Crippen LogP contribution in [0.5, 0.6) is 0 Å². The lowest BCUT2D eigenvalue weighted by atomic mass is 10.0.